The Hall–Kier alpha value is -2.13. The van der Waals surface area contributed by atoms with Gasteiger partial charge < -0.3 is 9.47 Å². The van der Waals surface area contributed by atoms with Crippen LogP contribution in [0.15, 0.2) is 17.1 Å². The zero-order valence-electron chi connectivity index (χ0n) is 7.94. The van der Waals surface area contributed by atoms with Crippen molar-refractivity contribution < 1.29 is 19.1 Å². The van der Waals surface area contributed by atoms with Crippen LogP contribution in [0.1, 0.15) is 17.3 Å². The van der Waals surface area contributed by atoms with Gasteiger partial charge in [-0.3, -0.25) is 4.79 Å². The van der Waals surface area contributed by atoms with E-state index in [1.807, 2.05) is 0 Å². The summed E-state index contributed by atoms with van der Waals surface area (Å²) in [6.07, 6.45) is 1.40. The number of carbonyl (C=O) groups is 1. The largest absolute Gasteiger partial charge is 0.454 e. The molecule has 1 aromatic carbocycles. The minimum absolute atomic E-state index is 0.112. The Morgan fingerprint density at radius 3 is 2.67 bits per heavy atom. The van der Waals surface area contributed by atoms with E-state index >= 15 is 0 Å². The number of Topliss-reactive ketones (excluding diaryl/α,β-unsaturated/α-hetero) is 1. The summed E-state index contributed by atoms with van der Waals surface area (Å²) in [6, 6.07) is 3.00. The maximum absolute atomic E-state index is 11.3. The molecule has 0 atom stereocenters. The second-order valence-corrected chi connectivity index (χ2v) is 2.98. The summed E-state index contributed by atoms with van der Waals surface area (Å²) in [6.45, 7) is 1.50. The summed E-state index contributed by atoms with van der Waals surface area (Å²) in [5, 5.41) is 0. The number of aliphatic imine (C=N–C) groups is 1. The van der Waals surface area contributed by atoms with Crippen LogP contribution >= 0.6 is 0 Å². The number of ether oxygens (including phenoxy) is 2. The summed E-state index contributed by atoms with van der Waals surface area (Å²) < 4.78 is 10.2. The number of benzene rings is 1. The van der Waals surface area contributed by atoms with E-state index in [0.717, 1.165) is 0 Å². The molecule has 0 amide bonds. The lowest BCUT2D eigenvalue weighted by atomic mass is 10.1. The summed E-state index contributed by atoms with van der Waals surface area (Å²) >= 11 is 0. The highest BCUT2D eigenvalue weighted by molar-refractivity contribution is 6.00. The zero-order valence-corrected chi connectivity index (χ0v) is 7.94. The molecule has 1 aromatic rings. The standard InChI is InChI=1S/C10H7NO4/c1-6(13)7-2-9-10(15-5-14-9)3-8(7)11-4-12/h2-3H,5H2,1H3. The lowest BCUT2D eigenvalue weighted by molar-refractivity contribution is 0.101. The molecular formula is C10H7NO4. The van der Waals surface area contributed by atoms with E-state index < -0.39 is 0 Å². The van der Waals surface area contributed by atoms with Crippen LogP contribution in [0.4, 0.5) is 5.69 Å². The Bertz CT molecular complexity index is 446. The average molecular weight is 205 g/mol. The summed E-state index contributed by atoms with van der Waals surface area (Å²) in [4.78, 5) is 24.9. The third-order valence-corrected chi connectivity index (χ3v) is 2.04. The summed E-state index contributed by atoms with van der Waals surface area (Å²) in [5.41, 5.74) is 0.573. The van der Waals surface area contributed by atoms with Crippen molar-refractivity contribution in [1.29, 1.82) is 0 Å². The van der Waals surface area contributed by atoms with Gasteiger partial charge >= 0.3 is 0 Å². The van der Waals surface area contributed by atoms with Crippen LogP contribution in [0.25, 0.3) is 0 Å². The fraction of sp³-hybridized carbons (Fsp3) is 0.200. The van der Waals surface area contributed by atoms with Gasteiger partial charge in [0.15, 0.2) is 17.3 Å². The molecule has 5 nitrogen and oxygen atoms in total. The van der Waals surface area contributed by atoms with Crippen LogP contribution in [-0.2, 0) is 4.79 Å². The van der Waals surface area contributed by atoms with Crippen LogP contribution in [-0.4, -0.2) is 18.7 Å². The number of nitrogens with zero attached hydrogens (tertiary/aromatic N) is 1. The van der Waals surface area contributed by atoms with Gasteiger partial charge in [0, 0.05) is 11.6 Å². The molecule has 0 aliphatic carbocycles. The van der Waals surface area contributed by atoms with Crippen molar-refractivity contribution >= 4 is 17.6 Å². The first kappa shape index (κ1) is 9.43. The van der Waals surface area contributed by atoms with Gasteiger partial charge in [-0.25, -0.2) is 4.79 Å². The van der Waals surface area contributed by atoms with E-state index in [2.05, 4.69) is 4.99 Å². The highest BCUT2D eigenvalue weighted by Gasteiger charge is 2.18. The molecule has 0 bridgehead atoms. The van der Waals surface area contributed by atoms with Crippen molar-refractivity contribution in [2.24, 2.45) is 4.99 Å². The molecule has 0 fully saturated rings. The van der Waals surface area contributed by atoms with Crippen LogP contribution in [0.2, 0.25) is 0 Å². The van der Waals surface area contributed by atoms with Gasteiger partial charge in [0.25, 0.3) is 0 Å². The fourth-order valence-corrected chi connectivity index (χ4v) is 1.35. The lowest BCUT2D eigenvalue weighted by Gasteiger charge is -2.02. The number of isocyanates is 1. The smallest absolute Gasteiger partial charge is 0.240 e. The maximum Gasteiger partial charge on any atom is 0.240 e. The third kappa shape index (κ3) is 1.60. The molecule has 2 rings (SSSR count). The quantitative estimate of drug-likeness (QED) is 0.417. The van der Waals surface area contributed by atoms with Crippen molar-refractivity contribution in [3.63, 3.8) is 0 Å². The van der Waals surface area contributed by atoms with Gasteiger partial charge in [0.05, 0.1) is 5.69 Å². The minimum Gasteiger partial charge on any atom is -0.454 e. The normalized spacial score (nSPS) is 12.1. The molecule has 5 heteroatoms. The van der Waals surface area contributed by atoms with Gasteiger partial charge in [0.1, 0.15) is 0 Å². The van der Waals surface area contributed by atoms with Crippen molar-refractivity contribution in [2.75, 3.05) is 6.79 Å². The first-order chi connectivity index (χ1) is 7.22. The highest BCUT2D eigenvalue weighted by atomic mass is 16.7. The van der Waals surface area contributed by atoms with Crippen LogP contribution in [0, 0.1) is 0 Å². The van der Waals surface area contributed by atoms with Crippen LogP contribution in [0.3, 0.4) is 0 Å². The number of hydrogen-bond donors (Lipinski definition) is 0. The Labute approximate surface area is 85.3 Å². The average Bonchev–Trinajstić information content (AvgIpc) is 2.63. The SMILES string of the molecule is CC(=O)c1cc2c(cc1N=C=O)OCO2. The number of hydrogen-bond acceptors (Lipinski definition) is 5. The zero-order chi connectivity index (χ0) is 10.8. The van der Waals surface area contributed by atoms with Crippen molar-refractivity contribution in [1.82, 2.24) is 0 Å². The monoisotopic (exact) mass is 205 g/mol. The molecule has 1 heterocycles. The van der Waals surface area contributed by atoms with E-state index in [4.69, 9.17) is 9.47 Å². The topological polar surface area (TPSA) is 65.0 Å². The van der Waals surface area contributed by atoms with Gasteiger partial charge in [-0.1, -0.05) is 0 Å². The molecule has 0 saturated heterocycles. The molecular weight excluding hydrogens is 198 g/mol. The summed E-state index contributed by atoms with van der Waals surface area (Å²) in [7, 11) is 0. The molecule has 76 valence electrons. The molecule has 1 aliphatic rings. The molecule has 0 radical (unpaired) electrons. The predicted octanol–water partition coefficient (Wildman–Crippen LogP) is 1.59. The molecule has 0 saturated carbocycles. The predicted molar refractivity (Wildman–Crippen MR) is 50.4 cm³/mol. The Morgan fingerprint density at radius 2 is 2.07 bits per heavy atom. The number of carbonyl (C=O) groups excluding carboxylic acids is 2. The van der Waals surface area contributed by atoms with E-state index in [0.29, 0.717) is 17.1 Å². The number of ketones is 1. The third-order valence-electron chi connectivity index (χ3n) is 2.04. The number of fused-ring (bicyclic) bond motifs is 1. The highest BCUT2D eigenvalue weighted by Crippen LogP contribution is 2.38. The molecule has 0 aromatic heterocycles. The second-order valence-electron chi connectivity index (χ2n) is 2.98. The molecule has 0 spiro atoms. The molecule has 0 N–H and O–H groups in total. The fourth-order valence-electron chi connectivity index (χ4n) is 1.35. The van der Waals surface area contributed by atoms with E-state index in [9.17, 15) is 9.59 Å². The minimum atomic E-state index is -0.192. The van der Waals surface area contributed by atoms with E-state index in [1.165, 1.54) is 25.1 Å². The van der Waals surface area contributed by atoms with Crippen LogP contribution in [0.5, 0.6) is 11.5 Å². The van der Waals surface area contributed by atoms with E-state index in [-0.39, 0.29) is 18.3 Å². The van der Waals surface area contributed by atoms with Gasteiger partial charge in [-0.2, -0.15) is 4.99 Å². The Morgan fingerprint density at radius 1 is 1.40 bits per heavy atom. The Kier molecular flexibility index (Phi) is 2.23. The van der Waals surface area contributed by atoms with Gasteiger partial charge in [-0.15, -0.1) is 0 Å². The van der Waals surface area contributed by atoms with Gasteiger partial charge in [0.2, 0.25) is 12.9 Å². The molecule has 15 heavy (non-hydrogen) atoms. The first-order valence-corrected chi connectivity index (χ1v) is 4.25. The Balaban J connectivity index is 2.61. The number of rotatable bonds is 2. The summed E-state index contributed by atoms with van der Waals surface area (Å²) in [5.74, 6) is 0.779. The van der Waals surface area contributed by atoms with Crippen molar-refractivity contribution in [2.45, 2.75) is 6.92 Å². The van der Waals surface area contributed by atoms with Crippen molar-refractivity contribution in [3.8, 4) is 11.5 Å². The first-order valence-electron chi connectivity index (χ1n) is 4.25. The van der Waals surface area contributed by atoms with Crippen LogP contribution < -0.4 is 9.47 Å². The van der Waals surface area contributed by atoms with Crippen molar-refractivity contribution in [3.05, 3.63) is 17.7 Å². The lowest BCUT2D eigenvalue weighted by Crippen LogP contribution is -1.93. The molecule has 1 aliphatic heterocycles. The maximum atomic E-state index is 11.3. The van der Waals surface area contributed by atoms with Gasteiger partial charge in [-0.05, 0) is 13.0 Å². The second kappa shape index (κ2) is 3.55. The van der Waals surface area contributed by atoms with E-state index in [1.54, 1.807) is 0 Å². The molecule has 0 unspecified atom stereocenters.